The van der Waals surface area contributed by atoms with Gasteiger partial charge in [0.25, 0.3) is 0 Å². The zero-order valence-electron chi connectivity index (χ0n) is 10.9. The summed E-state index contributed by atoms with van der Waals surface area (Å²) in [6.07, 6.45) is 3.73. The fraction of sp³-hybridized carbons (Fsp3) is 0.846. The number of rotatable bonds is 4. The maximum absolute atomic E-state index is 11.9. The van der Waals surface area contributed by atoms with Crippen LogP contribution in [0.25, 0.3) is 0 Å². The van der Waals surface area contributed by atoms with Crippen LogP contribution in [0, 0.1) is 17.8 Å². The molecule has 0 aromatic heterocycles. The van der Waals surface area contributed by atoms with Crippen LogP contribution in [0.1, 0.15) is 32.6 Å². The van der Waals surface area contributed by atoms with Crippen LogP contribution in [-0.4, -0.2) is 41.6 Å². The number of carboxylic acid groups (broad SMARTS) is 1. The van der Waals surface area contributed by atoms with E-state index in [-0.39, 0.29) is 11.9 Å². The van der Waals surface area contributed by atoms with E-state index in [4.69, 9.17) is 5.11 Å². The van der Waals surface area contributed by atoms with Gasteiger partial charge in [-0.25, -0.2) is 4.79 Å². The van der Waals surface area contributed by atoms with Gasteiger partial charge in [-0.2, -0.15) is 0 Å². The van der Waals surface area contributed by atoms with E-state index in [1.165, 1.54) is 12.8 Å². The molecule has 2 fully saturated rings. The number of likely N-dealkylation sites (tertiary alicyclic amines) is 1. The van der Waals surface area contributed by atoms with E-state index >= 15 is 0 Å². The Labute approximate surface area is 108 Å². The van der Waals surface area contributed by atoms with Gasteiger partial charge in [0.2, 0.25) is 0 Å². The average molecular weight is 254 g/mol. The molecule has 0 aromatic carbocycles. The Balaban J connectivity index is 1.68. The molecule has 0 radical (unpaired) electrons. The summed E-state index contributed by atoms with van der Waals surface area (Å²) in [6, 6.07) is -0.0358. The van der Waals surface area contributed by atoms with Gasteiger partial charge in [0.15, 0.2) is 0 Å². The largest absolute Gasteiger partial charge is 0.481 e. The van der Waals surface area contributed by atoms with Crippen LogP contribution in [0.2, 0.25) is 0 Å². The van der Waals surface area contributed by atoms with Gasteiger partial charge in [-0.3, -0.25) is 4.79 Å². The van der Waals surface area contributed by atoms with Crippen molar-refractivity contribution in [1.29, 1.82) is 0 Å². The number of aliphatic carboxylic acids is 1. The van der Waals surface area contributed by atoms with Gasteiger partial charge in [0.05, 0.1) is 5.92 Å². The van der Waals surface area contributed by atoms with Gasteiger partial charge < -0.3 is 15.3 Å². The molecule has 2 aliphatic rings. The first kappa shape index (κ1) is 13.2. The van der Waals surface area contributed by atoms with Crippen molar-refractivity contribution in [1.82, 2.24) is 10.2 Å². The molecule has 0 spiro atoms. The highest BCUT2D eigenvalue weighted by molar-refractivity contribution is 5.75. The third kappa shape index (κ3) is 3.37. The van der Waals surface area contributed by atoms with Gasteiger partial charge in [-0.05, 0) is 37.5 Å². The first-order chi connectivity index (χ1) is 8.58. The summed E-state index contributed by atoms with van der Waals surface area (Å²) in [5, 5.41) is 11.8. The Hall–Kier alpha value is -1.26. The summed E-state index contributed by atoms with van der Waals surface area (Å²) in [7, 11) is 0. The maximum Gasteiger partial charge on any atom is 0.317 e. The van der Waals surface area contributed by atoms with Gasteiger partial charge >= 0.3 is 12.0 Å². The second kappa shape index (κ2) is 5.59. The highest BCUT2D eigenvalue weighted by Gasteiger charge is 2.30. The lowest BCUT2D eigenvalue weighted by molar-refractivity contribution is -0.143. The molecular formula is C13H22N2O3. The Morgan fingerprint density at radius 3 is 2.39 bits per heavy atom. The molecular weight excluding hydrogens is 232 g/mol. The topological polar surface area (TPSA) is 69.6 Å². The highest BCUT2D eigenvalue weighted by atomic mass is 16.4. The third-order valence-electron chi connectivity index (χ3n) is 4.13. The quantitative estimate of drug-likeness (QED) is 0.799. The predicted molar refractivity (Wildman–Crippen MR) is 67.2 cm³/mol. The standard InChI is InChI=1S/C13H22N2O3/c1-9(10-2-3-10)8-14-13(18)15-6-4-11(5-7-15)12(16)17/h9-11H,2-8H2,1H3,(H,14,18)(H,16,17). The van der Waals surface area contributed by atoms with Crippen LogP contribution in [0.4, 0.5) is 4.79 Å². The minimum absolute atomic E-state index is 0.0358. The number of urea groups is 1. The highest BCUT2D eigenvalue weighted by Crippen LogP contribution is 2.36. The Kier molecular flexibility index (Phi) is 4.09. The molecule has 0 bridgehead atoms. The van der Waals surface area contributed by atoms with Crippen molar-refractivity contribution in [2.24, 2.45) is 17.8 Å². The minimum atomic E-state index is -0.739. The molecule has 2 rings (SSSR count). The molecule has 1 saturated heterocycles. The van der Waals surface area contributed by atoms with Gasteiger partial charge in [0.1, 0.15) is 0 Å². The van der Waals surface area contributed by atoms with Crippen molar-refractivity contribution in [2.75, 3.05) is 19.6 Å². The van der Waals surface area contributed by atoms with E-state index in [0.29, 0.717) is 31.8 Å². The number of carbonyl (C=O) groups is 2. The molecule has 2 N–H and O–H groups in total. The maximum atomic E-state index is 11.9. The normalized spacial score (nSPS) is 22.6. The lowest BCUT2D eigenvalue weighted by Gasteiger charge is -2.30. The molecule has 1 unspecified atom stereocenters. The molecule has 1 heterocycles. The average Bonchev–Trinajstić information content (AvgIpc) is 3.20. The molecule has 5 heteroatoms. The van der Waals surface area contributed by atoms with E-state index < -0.39 is 5.97 Å². The SMILES string of the molecule is CC(CNC(=O)N1CCC(C(=O)O)CC1)C1CC1. The Morgan fingerprint density at radius 1 is 1.28 bits per heavy atom. The van der Waals surface area contributed by atoms with Crippen LogP contribution in [0.5, 0.6) is 0 Å². The molecule has 102 valence electrons. The van der Waals surface area contributed by atoms with Gasteiger partial charge in [-0.1, -0.05) is 6.92 Å². The summed E-state index contributed by atoms with van der Waals surface area (Å²) in [5.41, 5.74) is 0. The number of carbonyl (C=O) groups excluding carboxylic acids is 1. The number of amides is 2. The first-order valence-electron chi connectivity index (χ1n) is 6.83. The Morgan fingerprint density at radius 2 is 1.89 bits per heavy atom. The molecule has 5 nitrogen and oxygen atoms in total. The number of hydrogen-bond acceptors (Lipinski definition) is 2. The van der Waals surface area contributed by atoms with E-state index in [1.807, 2.05) is 0 Å². The van der Waals surface area contributed by atoms with Crippen molar-refractivity contribution in [3.63, 3.8) is 0 Å². The van der Waals surface area contributed by atoms with Crippen molar-refractivity contribution in [3.8, 4) is 0 Å². The van der Waals surface area contributed by atoms with Gasteiger partial charge in [0, 0.05) is 19.6 Å². The lowest BCUT2D eigenvalue weighted by atomic mass is 9.97. The summed E-state index contributed by atoms with van der Waals surface area (Å²) in [5.74, 6) is 0.338. The monoisotopic (exact) mass is 254 g/mol. The van der Waals surface area contributed by atoms with Crippen molar-refractivity contribution >= 4 is 12.0 Å². The molecule has 1 aliphatic carbocycles. The molecule has 2 amide bonds. The van der Waals surface area contributed by atoms with E-state index in [1.54, 1.807) is 4.90 Å². The molecule has 1 saturated carbocycles. The van der Waals surface area contributed by atoms with Gasteiger partial charge in [-0.15, -0.1) is 0 Å². The first-order valence-corrected chi connectivity index (χ1v) is 6.83. The predicted octanol–water partition coefficient (Wildman–Crippen LogP) is 1.54. The molecule has 1 aliphatic heterocycles. The fourth-order valence-corrected chi connectivity index (χ4v) is 2.52. The second-order valence-corrected chi connectivity index (χ2v) is 5.60. The lowest BCUT2D eigenvalue weighted by Crippen LogP contribution is -2.46. The van der Waals surface area contributed by atoms with Crippen LogP contribution in [0.15, 0.2) is 0 Å². The summed E-state index contributed by atoms with van der Waals surface area (Å²) < 4.78 is 0. The van der Waals surface area contributed by atoms with Crippen molar-refractivity contribution in [2.45, 2.75) is 32.6 Å². The summed E-state index contributed by atoms with van der Waals surface area (Å²) >= 11 is 0. The number of nitrogens with one attached hydrogen (secondary N) is 1. The number of nitrogens with zero attached hydrogens (tertiary/aromatic N) is 1. The third-order valence-corrected chi connectivity index (χ3v) is 4.13. The summed E-state index contributed by atoms with van der Waals surface area (Å²) in [4.78, 5) is 24.4. The molecule has 18 heavy (non-hydrogen) atoms. The van der Waals surface area contributed by atoms with E-state index in [2.05, 4.69) is 12.2 Å². The zero-order valence-corrected chi connectivity index (χ0v) is 10.9. The van der Waals surface area contributed by atoms with E-state index in [0.717, 1.165) is 12.5 Å². The van der Waals surface area contributed by atoms with Crippen molar-refractivity contribution in [3.05, 3.63) is 0 Å². The van der Waals surface area contributed by atoms with Crippen LogP contribution >= 0.6 is 0 Å². The number of hydrogen-bond donors (Lipinski definition) is 2. The second-order valence-electron chi connectivity index (χ2n) is 5.60. The van der Waals surface area contributed by atoms with Crippen LogP contribution < -0.4 is 5.32 Å². The van der Waals surface area contributed by atoms with Crippen molar-refractivity contribution < 1.29 is 14.7 Å². The molecule has 0 aromatic rings. The number of carboxylic acids is 1. The minimum Gasteiger partial charge on any atom is -0.481 e. The van der Waals surface area contributed by atoms with Crippen LogP contribution in [-0.2, 0) is 4.79 Å². The Bertz CT molecular complexity index is 320. The fourth-order valence-electron chi connectivity index (χ4n) is 2.52. The van der Waals surface area contributed by atoms with E-state index in [9.17, 15) is 9.59 Å². The smallest absolute Gasteiger partial charge is 0.317 e. The molecule has 1 atom stereocenters. The summed E-state index contributed by atoms with van der Waals surface area (Å²) in [6.45, 7) is 4.03. The van der Waals surface area contributed by atoms with Crippen LogP contribution in [0.3, 0.4) is 0 Å². The number of piperidine rings is 1. The zero-order chi connectivity index (χ0) is 13.1.